The second-order valence-electron chi connectivity index (χ2n) is 8.63. The molecule has 1 unspecified atom stereocenters. The van der Waals surface area contributed by atoms with Crippen LogP contribution in [-0.4, -0.2) is 49.1 Å². The van der Waals surface area contributed by atoms with E-state index in [1.165, 1.54) is 56.2 Å². The zero-order valence-corrected chi connectivity index (χ0v) is 19.3. The number of halogens is 1. The van der Waals surface area contributed by atoms with Crippen molar-refractivity contribution >= 4 is 0 Å². The molecule has 2 aromatic rings. The van der Waals surface area contributed by atoms with Gasteiger partial charge in [-0.25, -0.2) is 4.39 Å². The molecule has 0 radical (unpaired) electrons. The van der Waals surface area contributed by atoms with E-state index in [9.17, 15) is 4.39 Å². The van der Waals surface area contributed by atoms with Crippen LogP contribution in [-0.2, 0) is 0 Å². The van der Waals surface area contributed by atoms with Gasteiger partial charge in [0.25, 0.3) is 0 Å². The van der Waals surface area contributed by atoms with E-state index in [1.807, 2.05) is 12.1 Å². The lowest BCUT2D eigenvalue weighted by Crippen LogP contribution is -2.48. The average Bonchev–Trinajstić information content (AvgIpc) is 2.83. The maximum Gasteiger partial charge on any atom is 0.123 e. The topological polar surface area (TPSA) is 39.5 Å². The van der Waals surface area contributed by atoms with Crippen molar-refractivity contribution in [1.29, 1.82) is 5.26 Å². The summed E-state index contributed by atoms with van der Waals surface area (Å²) in [5.74, 6) is 0.477. The standard InChI is InChI=1S/C27H36FN3O/c1-2-3-4-5-6-7-27(24-10-8-23(22-29)9-11-24)31-18-16-30(17-19-31)20-21-32-26-14-12-25(28)13-15-26/h8-15,27H,2-7,16-21H2,1H3. The number of hydrogen-bond donors (Lipinski definition) is 0. The van der Waals surface area contributed by atoms with Crippen LogP contribution in [0.2, 0.25) is 0 Å². The number of hydrogen-bond acceptors (Lipinski definition) is 4. The molecule has 172 valence electrons. The van der Waals surface area contributed by atoms with E-state index >= 15 is 0 Å². The second-order valence-corrected chi connectivity index (χ2v) is 8.63. The molecule has 0 aliphatic carbocycles. The molecule has 1 aliphatic heterocycles. The Morgan fingerprint density at radius 2 is 1.62 bits per heavy atom. The van der Waals surface area contributed by atoms with Crippen molar-refractivity contribution in [3.63, 3.8) is 0 Å². The van der Waals surface area contributed by atoms with Crippen LogP contribution in [0.25, 0.3) is 0 Å². The second kappa shape index (κ2) is 13.2. The van der Waals surface area contributed by atoms with Gasteiger partial charge in [-0.3, -0.25) is 9.80 Å². The number of piperazine rings is 1. The fourth-order valence-electron chi connectivity index (χ4n) is 4.40. The van der Waals surface area contributed by atoms with Crippen LogP contribution in [0.3, 0.4) is 0 Å². The van der Waals surface area contributed by atoms with Gasteiger partial charge >= 0.3 is 0 Å². The van der Waals surface area contributed by atoms with Crippen LogP contribution < -0.4 is 4.74 Å². The maximum atomic E-state index is 13.0. The van der Waals surface area contributed by atoms with Crippen LogP contribution in [0.5, 0.6) is 5.75 Å². The van der Waals surface area contributed by atoms with E-state index in [2.05, 4.69) is 34.9 Å². The normalized spacial score (nSPS) is 15.9. The molecule has 1 saturated heterocycles. The predicted octanol–water partition coefficient (Wildman–Crippen LogP) is 5.80. The van der Waals surface area contributed by atoms with E-state index in [-0.39, 0.29) is 5.82 Å². The molecule has 0 bridgehead atoms. The summed E-state index contributed by atoms with van der Waals surface area (Å²) in [7, 11) is 0. The third kappa shape index (κ3) is 7.62. The highest BCUT2D eigenvalue weighted by molar-refractivity contribution is 5.33. The molecule has 0 amide bonds. The summed E-state index contributed by atoms with van der Waals surface area (Å²) in [5.41, 5.74) is 2.05. The Hall–Kier alpha value is -2.42. The number of rotatable bonds is 12. The van der Waals surface area contributed by atoms with Crippen molar-refractivity contribution < 1.29 is 9.13 Å². The summed E-state index contributed by atoms with van der Waals surface area (Å²) in [4.78, 5) is 5.05. The summed E-state index contributed by atoms with van der Waals surface area (Å²) in [6.45, 7) is 7.87. The number of benzene rings is 2. The van der Waals surface area contributed by atoms with Gasteiger partial charge in [-0.15, -0.1) is 0 Å². The van der Waals surface area contributed by atoms with Gasteiger partial charge < -0.3 is 4.74 Å². The molecular weight excluding hydrogens is 401 g/mol. The molecule has 1 heterocycles. The lowest BCUT2D eigenvalue weighted by atomic mass is 9.96. The van der Waals surface area contributed by atoms with Crippen LogP contribution in [0.15, 0.2) is 48.5 Å². The van der Waals surface area contributed by atoms with E-state index < -0.39 is 0 Å². The highest BCUT2D eigenvalue weighted by Gasteiger charge is 2.24. The first-order valence-corrected chi connectivity index (χ1v) is 12.0. The first-order valence-electron chi connectivity index (χ1n) is 12.0. The van der Waals surface area contributed by atoms with Crippen molar-refractivity contribution in [1.82, 2.24) is 9.80 Å². The monoisotopic (exact) mass is 437 g/mol. The Labute approximate surface area is 192 Å². The van der Waals surface area contributed by atoms with Gasteiger partial charge in [-0.2, -0.15) is 5.26 Å². The third-order valence-electron chi connectivity index (χ3n) is 6.34. The van der Waals surface area contributed by atoms with Gasteiger partial charge in [0.2, 0.25) is 0 Å². The van der Waals surface area contributed by atoms with Crippen molar-refractivity contribution in [2.45, 2.75) is 51.5 Å². The van der Waals surface area contributed by atoms with Gasteiger partial charge in [0.05, 0.1) is 11.6 Å². The molecule has 0 N–H and O–H groups in total. The van der Waals surface area contributed by atoms with Crippen LogP contribution in [0.4, 0.5) is 4.39 Å². The summed E-state index contributed by atoms with van der Waals surface area (Å²) in [6.07, 6.45) is 7.62. The van der Waals surface area contributed by atoms with E-state index in [4.69, 9.17) is 10.00 Å². The fourth-order valence-corrected chi connectivity index (χ4v) is 4.40. The molecule has 1 aliphatic rings. The highest BCUT2D eigenvalue weighted by atomic mass is 19.1. The average molecular weight is 438 g/mol. The Bertz CT molecular complexity index is 823. The van der Waals surface area contributed by atoms with E-state index in [1.54, 1.807) is 12.1 Å². The van der Waals surface area contributed by atoms with Gasteiger partial charge in [0.15, 0.2) is 0 Å². The fraction of sp³-hybridized carbons (Fsp3) is 0.519. The molecule has 3 rings (SSSR count). The number of nitrogens with zero attached hydrogens (tertiary/aromatic N) is 3. The van der Waals surface area contributed by atoms with Gasteiger partial charge in [0.1, 0.15) is 18.2 Å². The van der Waals surface area contributed by atoms with Gasteiger partial charge in [-0.1, -0.05) is 51.2 Å². The molecular formula is C27H36FN3O. The van der Waals surface area contributed by atoms with Crippen LogP contribution >= 0.6 is 0 Å². The van der Waals surface area contributed by atoms with Crippen molar-refractivity contribution in [3.8, 4) is 11.8 Å². The Balaban J connectivity index is 1.49. The van der Waals surface area contributed by atoms with E-state index in [0.29, 0.717) is 18.4 Å². The minimum atomic E-state index is -0.240. The van der Waals surface area contributed by atoms with Gasteiger partial charge in [0, 0.05) is 38.8 Å². The van der Waals surface area contributed by atoms with Crippen LogP contribution in [0.1, 0.15) is 62.6 Å². The molecule has 4 nitrogen and oxygen atoms in total. The summed E-state index contributed by atoms with van der Waals surface area (Å²) in [5, 5.41) is 9.13. The van der Waals surface area contributed by atoms with Crippen molar-refractivity contribution in [3.05, 3.63) is 65.5 Å². The zero-order chi connectivity index (χ0) is 22.6. The Morgan fingerprint density at radius 3 is 2.28 bits per heavy atom. The molecule has 0 aromatic heterocycles. The summed E-state index contributed by atoms with van der Waals surface area (Å²) >= 11 is 0. The number of nitriles is 1. The van der Waals surface area contributed by atoms with Gasteiger partial charge in [-0.05, 0) is 48.4 Å². The lowest BCUT2D eigenvalue weighted by Gasteiger charge is -2.39. The molecule has 1 fully saturated rings. The SMILES string of the molecule is CCCCCCCC(c1ccc(C#N)cc1)N1CCN(CCOc2ccc(F)cc2)CC1. The third-order valence-corrected chi connectivity index (χ3v) is 6.34. The largest absolute Gasteiger partial charge is 0.492 e. The highest BCUT2D eigenvalue weighted by Crippen LogP contribution is 2.28. The predicted molar refractivity (Wildman–Crippen MR) is 127 cm³/mol. The quantitative estimate of drug-likeness (QED) is 0.394. The minimum absolute atomic E-state index is 0.240. The van der Waals surface area contributed by atoms with Crippen molar-refractivity contribution in [2.75, 3.05) is 39.3 Å². The summed E-state index contributed by atoms with van der Waals surface area (Å²) in [6, 6.07) is 17.0. The smallest absolute Gasteiger partial charge is 0.123 e. The summed E-state index contributed by atoms with van der Waals surface area (Å²) < 4.78 is 18.8. The number of ether oxygens (including phenoxy) is 1. The van der Waals surface area contributed by atoms with E-state index in [0.717, 1.165) is 38.3 Å². The Kier molecular flexibility index (Phi) is 9.99. The van der Waals surface area contributed by atoms with Crippen molar-refractivity contribution in [2.24, 2.45) is 0 Å². The Morgan fingerprint density at radius 1 is 0.938 bits per heavy atom. The minimum Gasteiger partial charge on any atom is -0.492 e. The molecule has 5 heteroatoms. The lowest BCUT2D eigenvalue weighted by molar-refractivity contribution is 0.0817. The van der Waals surface area contributed by atoms with Crippen LogP contribution in [0, 0.1) is 17.1 Å². The molecule has 1 atom stereocenters. The first-order chi connectivity index (χ1) is 15.7. The molecule has 2 aromatic carbocycles. The molecule has 32 heavy (non-hydrogen) atoms. The number of unbranched alkanes of at least 4 members (excludes halogenated alkanes) is 4. The zero-order valence-electron chi connectivity index (χ0n) is 19.3. The maximum absolute atomic E-state index is 13.0. The molecule has 0 saturated carbocycles. The first kappa shape index (κ1) is 24.2. The molecule has 0 spiro atoms.